The summed E-state index contributed by atoms with van der Waals surface area (Å²) in [7, 11) is 1.57. The molecule has 1 heterocycles. The molecule has 0 saturated carbocycles. The summed E-state index contributed by atoms with van der Waals surface area (Å²) in [6.45, 7) is 1.71. The van der Waals surface area contributed by atoms with Crippen LogP contribution in [0.15, 0.2) is 68.6 Å². The summed E-state index contributed by atoms with van der Waals surface area (Å²) in [5.41, 5.74) is 2.34. The van der Waals surface area contributed by atoms with Crippen LogP contribution in [0.2, 0.25) is 0 Å². The van der Waals surface area contributed by atoms with E-state index >= 15 is 0 Å². The van der Waals surface area contributed by atoms with Crippen molar-refractivity contribution in [3.8, 4) is 11.3 Å². The normalized spacial score (nSPS) is 12.7. The van der Waals surface area contributed by atoms with Gasteiger partial charge in [0.25, 0.3) is 0 Å². The number of nitrogens with zero attached hydrogens (tertiary/aromatic N) is 2. The maximum Gasteiger partial charge on any atom is 0.223 e. The van der Waals surface area contributed by atoms with Gasteiger partial charge in [-0.25, -0.2) is 0 Å². The minimum absolute atomic E-state index is 0.249. The molecule has 0 bridgehead atoms. The van der Waals surface area contributed by atoms with Crippen molar-refractivity contribution in [3.63, 3.8) is 0 Å². The second kappa shape index (κ2) is 8.28. The summed E-state index contributed by atoms with van der Waals surface area (Å²) < 4.78 is 11.9. The van der Waals surface area contributed by atoms with E-state index in [0.29, 0.717) is 22.6 Å². The Morgan fingerprint density at radius 3 is 2.48 bits per heavy atom. The predicted octanol–water partition coefficient (Wildman–Crippen LogP) is 4.52. The van der Waals surface area contributed by atoms with Crippen LogP contribution in [0.1, 0.15) is 22.9 Å². The zero-order valence-electron chi connectivity index (χ0n) is 14.8. The van der Waals surface area contributed by atoms with Crippen LogP contribution in [0.25, 0.3) is 11.3 Å². The van der Waals surface area contributed by atoms with Crippen molar-refractivity contribution in [2.75, 3.05) is 7.05 Å². The first-order chi connectivity index (χ1) is 13.0. The Morgan fingerprint density at radius 2 is 1.85 bits per heavy atom. The molecule has 0 fully saturated rings. The number of hydrogen-bond acceptors (Lipinski definition) is 6. The largest absolute Gasteiger partial charge is 0.422 e. The van der Waals surface area contributed by atoms with Crippen molar-refractivity contribution < 1.29 is 14.4 Å². The van der Waals surface area contributed by atoms with Gasteiger partial charge in [0.2, 0.25) is 11.8 Å². The Bertz CT molecular complexity index is 966. The van der Waals surface area contributed by atoms with Crippen LogP contribution in [0.3, 0.4) is 0 Å². The van der Waals surface area contributed by atoms with E-state index in [0.717, 1.165) is 10.0 Å². The molecule has 1 atom stereocenters. The summed E-state index contributed by atoms with van der Waals surface area (Å²) in [6, 6.07) is 16.6. The van der Waals surface area contributed by atoms with Crippen LogP contribution in [-0.4, -0.2) is 29.1 Å². The molecule has 0 aliphatic carbocycles. The molecular formula is C20H18BrN3O3. The van der Waals surface area contributed by atoms with E-state index in [1.54, 1.807) is 14.0 Å². The molecule has 0 aliphatic rings. The highest BCUT2D eigenvalue weighted by Crippen LogP contribution is 2.32. The lowest BCUT2D eigenvalue weighted by atomic mass is 10.0. The quantitative estimate of drug-likeness (QED) is 0.472. The van der Waals surface area contributed by atoms with Crippen LogP contribution in [0.4, 0.5) is 0 Å². The maximum atomic E-state index is 10.7. The van der Waals surface area contributed by atoms with Crippen LogP contribution in [-0.2, 0) is 4.74 Å². The topological polar surface area (TPSA) is 91.7 Å². The fraction of sp³-hybridized carbons (Fsp3) is 0.150. The third-order valence-electron chi connectivity index (χ3n) is 3.97. The molecule has 6 nitrogen and oxygen atoms in total. The number of ether oxygens (including phenoxy) is 1. The number of hydrogen-bond donors (Lipinski definition) is 2. The van der Waals surface area contributed by atoms with Gasteiger partial charge in [-0.15, -0.1) is 0 Å². The third-order valence-corrected chi connectivity index (χ3v) is 4.50. The van der Waals surface area contributed by atoms with E-state index in [2.05, 4.69) is 26.1 Å². The molecule has 0 saturated heterocycles. The van der Waals surface area contributed by atoms with E-state index in [4.69, 9.17) is 14.7 Å². The predicted molar refractivity (Wildman–Crippen MR) is 107 cm³/mol. The fourth-order valence-corrected chi connectivity index (χ4v) is 2.88. The first-order valence-corrected chi connectivity index (χ1v) is 8.99. The Balaban J connectivity index is 1.87. The number of aryl methyl sites for hydroxylation is 1. The van der Waals surface area contributed by atoms with Gasteiger partial charge in [-0.3, -0.25) is 10.4 Å². The minimum Gasteiger partial charge on any atom is -0.422 e. The monoisotopic (exact) mass is 427 g/mol. The Hall–Kier alpha value is -2.77. The zero-order valence-corrected chi connectivity index (χ0v) is 16.4. The smallest absolute Gasteiger partial charge is 0.223 e. The molecule has 0 aliphatic heterocycles. The molecule has 0 amide bonds. The van der Waals surface area contributed by atoms with Gasteiger partial charge in [0, 0.05) is 22.6 Å². The molecule has 1 unspecified atom stereocenters. The molecule has 0 radical (unpaired) electrons. The summed E-state index contributed by atoms with van der Waals surface area (Å²) in [5.74, 6) is 0.290. The van der Waals surface area contributed by atoms with Crippen molar-refractivity contribution in [1.29, 1.82) is 5.41 Å². The Morgan fingerprint density at radius 1 is 1.19 bits per heavy atom. The van der Waals surface area contributed by atoms with Gasteiger partial charge in [-0.1, -0.05) is 51.4 Å². The van der Waals surface area contributed by atoms with Crippen molar-refractivity contribution in [2.45, 2.75) is 13.0 Å². The third kappa shape index (κ3) is 4.15. The van der Waals surface area contributed by atoms with Crippen molar-refractivity contribution in [3.05, 3.63) is 75.9 Å². The number of aliphatic imine (C=N–C) groups is 1. The number of nitrogens with one attached hydrogen (secondary N) is 1. The van der Waals surface area contributed by atoms with Gasteiger partial charge in [-0.05, 0) is 31.2 Å². The number of aliphatic hydroxyl groups is 1. The van der Waals surface area contributed by atoms with Gasteiger partial charge in [0.05, 0.1) is 11.3 Å². The zero-order chi connectivity index (χ0) is 19.4. The van der Waals surface area contributed by atoms with Gasteiger partial charge in [-0.2, -0.15) is 0 Å². The average molecular weight is 428 g/mol. The standard InChI is InChI=1S/C20H18BrN3O3/c1-12-16(18(27-24-12)13-8-10-15(21)11-9-13)17(25)19(22)26-20(23-2)14-6-4-3-5-7-14/h3-11,17,22,25H,1-2H3/b22-19?,23-20-. The molecule has 2 aromatic carbocycles. The van der Waals surface area contributed by atoms with Crippen LogP contribution < -0.4 is 0 Å². The Kier molecular flexibility index (Phi) is 5.83. The summed E-state index contributed by atoms with van der Waals surface area (Å²) >= 11 is 3.39. The number of halogens is 1. The lowest BCUT2D eigenvalue weighted by Gasteiger charge is -2.15. The van der Waals surface area contributed by atoms with Gasteiger partial charge < -0.3 is 14.4 Å². The molecule has 3 aromatic rings. The summed E-state index contributed by atoms with van der Waals surface area (Å²) in [5, 5.41) is 22.9. The minimum atomic E-state index is -1.34. The van der Waals surface area contributed by atoms with Gasteiger partial charge in [0.15, 0.2) is 11.9 Å². The Labute approximate surface area is 165 Å². The number of rotatable bonds is 4. The van der Waals surface area contributed by atoms with E-state index in [1.807, 2.05) is 54.6 Å². The summed E-state index contributed by atoms with van der Waals surface area (Å²) in [6.07, 6.45) is -1.34. The number of aromatic nitrogens is 1. The van der Waals surface area contributed by atoms with Crippen LogP contribution >= 0.6 is 15.9 Å². The first-order valence-electron chi connectivity index (χ1n) is 8.20. The highest BCUT2D eigenvalue weighted by molar-refractivity contribution is 9.10. The first kappa shape index (κ1) is 19.0. The highest BCUT2D eigenvalue weighted by atomic mass is 79.9. The average Bonchev–Trinajstić information content (AvgIpc) is 3.08. The van der Waals surface area contributed by atoms with Crippen LogP contribution in [0, 0.1) is 12.3 Å². The number of aliphatic hydroxyl groups excluding tert-OH is 1. The number of benzene rings is 2. The summed E-state index contributed by atoms with van der Waals surface area (Å²) in [4.78, 5) is 4.07. The molecule has 138 valence electrons. The van der Waals surface area contributed by atoms with Gasteiger partial charge in [0.1, 0.15) is 0 Å². The van der Waals surface area contributed by atoms with Crippen molar-refractivity contribution in [1.82, 2.24) is 5.16 Å². The molecule has 2 N–H and O–H groups in total. The molecule has 1 aromatic heterocycles. The molecular weight excluding hydrogens is 410 g/mol. The molecule has 27 heavy (non-hydrogen) atoms. The molecule has 3 rings (SSSR count). The van der Waals surface area contributed by atoms with E-state index < -0.39 is 6.10 Å². The van der Waals surface area contributed by atoms with Crippen molar-refractivity contribution in [2.24, 2.45) is 4.99 Å². The molecule has 0 spiro atoms. The second-order valence-electron chi connectivity index (χ2n) is 5.78. The fourth-order valence-electron chi connectivity index (χ4n) is 2.61. The van der Waals surface area contributed by atoms with E-state index in [9.17, 15) is 5.11 Å². The molecule has 7 heteroatoms. The SMILES string of the molecule is C/N=C(\OC(=N)C(O)c1c(C)noc1-c1ccc(Br)cc1)c1ccccc1. The lowest BCUT2D eigenvalue weighted by molar-refractivity contribution is 0.220. The lowest BCUT2D eigenvalue weighted by Crippen LogP contribution is -2.20. The second-order valence-corrected chi connectivity index (χ2v) is 6.70. The maximum absolute atomic E-state index is 10.7. The van der Waals surface area contributed by atoms with E-state index in [-0.39, 0.29) is 11.8 Å². The van der Waals surface area contributed by atoms with Crippen LogP contribution in [0.5, 0.6) is 0 Å². The van der Waals surface area contributed by atoms with E-state index in [1.165, 1.54) is 0 Å². The highest BCUT2D eigenvalue weighted by Gasteiger charge is 2.27. The van der Waals surface area contributed by atoms with Gasteiger partial charge >= 0.3 is 0 Å². The van der Waals surface area contributed by atoms with Crippen molar-refractivity contribution >= 4 is 27.7 Å².